The molecule has 2 unspecified atom stereocenters. The molecule has 1 saturated heterocycles. The second kappa shape index (κ2) is 10.7. The highest BCUT2D eigenvalue weighted by atomic mass is 16.5. The predicted octanol–water partition coefficient (Wildman–Crippen LogP) is 0.559. The van der Waals surface area contributed by atoms with E-state index in [1.807, 2.05) is 0 Å². The number of hydrogen-bond acceptors (Lipinski definition) is 5. The van der Waals surface area contributed by atoms with E-state index in [2.05, 4.69) is 12.2 Å². The van der Waals surface area contributed by atoms with Gasteiger partial charge in [0, 0.05) is 25.8 Å². The average Bonchev–Trinajstić information content (AvgIpc) is 2.88. The van der Waals surface area contributed by atoms with Crippen LogP contribution in [0, 0.1) is 0 Å². The highest BCUT2D eigenvalue weighted by Crippen LogP contribution is 2.02. The summed E-state index contributed by atoms with van der Waals surface area (Å²) < 4.78 is 15.9. The van der Waals surface area contributed by atoms with E-state index in [9.17, 15) is 5.11 Å². The van der Waals surface area contributed by atoms with Crippen molar-refractivity contribution < 1.29 is 19.3 Å². The molecule has 0 saturated carbocycles. The zero-order valence-electron chi connectivity index (χ0n) is 11.4. The first kappa shape index (κ1) is 15.9. The standard InChI is InChI=1S/C13H27NO4/c1-2-3-5-16-7-8-18-11-13(15)9-14-12-4-6-17-10-12/h12-15H,2-11H2,1H3. The summed E-state index contributed by atoms with van der Waals surface area (Å²) in [6, 6.07) is 0.386. The lowest BCUT2D eigenvalue weighted by Crippen LogP contribution is -2.37. The van der Waals surface area contributed by atoms with E-state index in [1.165, 1.54) is 0 Å². The Hall–Kier alpha value is -0.200. The van der Waals surface area contributed by atoms with Crippen molar-refractivity contribution in [2.24, 2.45) is 0 Å². The smallest absolute Gasteiger partial charge is 0.0897 e. The van der Waals surface area contributed by atoms with E-state index >= 15 is 0 Å². The Balaban J connectivity index is 1.82. The number of ether oxygens (including phenoxy) is 3. The molecule has 0 aromatic heterocycles. The van der Waals surface area contributed by atoms with E-state index < -0.39 is 6.10 Å². The Labute approximate surface area is 110 Å². The maximum Gasteiger partial charge on any atom is 0.0897 e. The summed E-state index contributed by atoms with van der Waals surface area (Å²) in [4.78, 5) is 0. The van der Waals surface area contributed by atoms with Gasteiger partial charge in [-0.25, -0.2) is 0 Å². The van der Waals surface area contributed by atoms with Crippen LogP contribution in [0.25, 0.3) is 0 Å². The average molecular weight is 261 g/mol. The Morgan fingerprint density at radius 3 is 2.89 bits per heavy atom. The van der Waals surface area contributed by atoms with Gasteiger partial charge in [0.1, 0.15) is 0 Å². The first-order valence-corrected chi connectivity index (χ1v) is 6.97. The summed E-state index contributed by atoms with van der Waals surface area (Å²) in [5.74, 6) is 0. The van der Waals surface area contributed by atoms with Crippen LogP contribution in [-0.2, 0) is 14.2 Å². The summed E-state index contributed by atoms with van der Waals surface area (Å²) in [6.45, 7) is 6.58. The molecule has 0 amide bonds. The molecular formula is C13H27NO4. The van der Waals surface area contributed by atoms with Crippen molar-refractivity contribution in [2.75, 3.05) is 46.2 Å². The predicted molar refractivity (Wildman–Crippen MR) is 69.8 cm³/mol. The molecule has 0 aromatic rings. The molecule has 1 heterocycles. The zero-order chi connectivity index (χ0) is 13.1. The summed E-state index contributed by atoms with van der Waals surface area (Å²) >= 11 is 0. The molecule has 0 spiro atoms. The van der Waals surface area contributed by atoms with E-state index in [1.54, 1.807) is 0 Å². The Bertz CT molecular complexity index is 186. The quantitative estimate of drug-likeness (QED) is 0.532. The minimum absolute atomic E-state index is 0.359. The third kappa shape index (κ3) is 8.00. The maximum absolute atomic E-state index is 9.68. The van der Waals surface area contributed by atoms with Gasteiger partial charge in [0.05, 0.1) is 32.5 Å². The molecule has 0 bridgehead atoms. The van der Waals surface area contributed by atoms with Crippen LogP contribution >= 0.6 is 0 Å². The molecule has 1 aliphatic rings. The maximum atomic E-state index is 9.68. The van der Waals surface area contributed by atoms with Gasteiger partial charge in [0.25, 0.3) is 0 Å². The lowest BCUT2D eigenvalue weighted by atomic mass is 10.2. The number of nitrogens with one attached hydrogen (secondary N) is 1. The summed E-state index contributed by atoms with van der Waals surface area (Å²) in [5.41, 5.74) is 0. The minimum atomic E-state index is -0.457. The summed E-state index contributed by atoms with van der Waals surface area (Å²) in [5, 5.41) is 12.9. The van der Waals surface area contributed by atoms with E-state index in [4.69, 9.17) is 14.2 Å². The number of rotatable bonds is 11. The largest absolute Gasteiger partial charge is 0.389 e. The molecule has 0 aliphatic carbocycles. The zero-order valence-corrected chi connectivity index (χ0v) is 11.4. The highest BCUT2D eigenvalue weighted by molar-refractivity contribution is 4.72. The van der Waals surface area contributed by atoms with Gasteiger partial charge in [-0.2, -0.15) is 0 Å². The fraction of sp³-hybridized carbons (Fsp3) is 1.00. The van der Waals surface area contributed by atoms with Crippen LogP contribution in [-0.4, -0.2) is 63.4 Å². The molecular weight excluding hydrogens is 234 g/mol. The van der Waals surface area contributed by atoms with Crippen molar-refractivity contribution in [1.29, 1.82) is 0 Å². The van der Waals surface area contributed by atoms with Crippen LogP contribution in [0.2, 0.25) is 0 Å². The van der Waals surface area contributed by atoms with Crippen LogP contribution in [0.3, 0.4) is 0 Å². The molecule has 2 atom stereocenters. The molecule has 18 heavy (non-hydrogen) atoms. The lowest BCUT2D eigenvalue weighted by Gasteiger charge is -2.15. The summed E-state index contributed by atoms with van der Waals surface area (Å²) in [6.07, 6.45) is 2.81. The molecule has 1 rings (SSSR count). The summed E-state index contributed by atoms with van der Waals surface area (Å²) in [7, 11) is 0. The molecule has 2 N–H and O–H groups in total. The van der Waals surface area contributed by atoms with Crippen LogP contribution < -0.4 is 5.32 Å². The van der Waals surface area contributed by atoms with Gasteiger partial charge in [0.2, 0.25) is 0 Å². The van der Waals surface area contributed by atoms with E-state index in [0.29, 0.717) is 32.4 Å². The first-order valence-electron chi connectivity index (χ1n) is 6.97. The second-order valence-electron chi connectivity index (χ2n) is 4.66. The van der Waals surface area contributed by atoms with Gasteiger partial charge < -0.3 is 24.6 Å². The van der Waals surface area contributed by atoms with Gasteiger partial charge >= 0.3 is 0 Å². The van der Waals surface area contributed by atoms with Crippen LogP contribution in [0.4, 0.5) is 0 Å². The van der Waals surface area contributed by atoms with E-state index in [-0.39, 0.29) is 0 Å². The topological polar surface area (TPSA) is 60.0 Å². The van der Waals surface area contributed by atoms with Gasteiger partial charge in [0.15, 0.2) is 0 Å². The third-order valence-electron chi connectivity index (χ3n) is 2.90. The van der Waals surface area contributed by atoms with Crippen molar-refractivity contribution >= 4 is 0 Å². The van der Waals surface area contributed by atoms with Gasteiger partial charge in [-0.3, -0.25) is 0 Å². The van der Waals surface area contributed by atoms with Crippen LogP contribution in [0.5, 0.6) is 0 Å². The van der Waals surface area contributed by atoms with Crippen molar-refractivity contribution in [1.82, 2.24) is 5.32 Å². The van der Waals surface area contributed by atoms with Crippen molar-refractivity contribution in [2.45, 2.75) is 38.3 Å². The third-order valence-corrected chi connectivity index (χ3v) is 2.90. The van der Waals surface area contributed by atoms with Crippen LogP contribution in [0.15, 0.2) is 0 Å². The monoisotopic (exact) mass is 261 g/mol. The van der Waals surface area contributed by atoms with Crippen molar-refractivity contribution in [3.8, 4) is 0 Å². The molecule has 0 aromatic carbocycles. The SMILES string of the molecule is CCCCOCCOCC(O)CNC1CCOC1. The molecule has 5 nitrogen and oxygen atoms in total. The highest BCUT2D eigenvalue weighted by Gasteiger charge is 2.15. The molecule has 5 heteroatoms. The fourth-order valence-corrected chi connectivity index (χ4v) is 1.74. The molecule has 108 valence electrons. The number of hydrogen-bond donors (Lipinski definition) is 2. The number of aliphatic hydroxyl groups is 1. The van der Waals surface area contributed by atoms with Crippen molar-refractivity contribution in [3.05, 3.63) is 0 Å². The first-order chi connectivity index (χ1) is 8.83. The minimum Gasteiger partial charge on any atom is -0.389 e. The number of unbranched alkanes of at least 4 members (excludes halogenated alkanes) is 1. The molecule has 1 fully saturated rings. The van der Waals surface area contributed by atoms with Gasteiger partial charge in [-0.1, -0.05) is 13.3 Å². The lowest BCUT2D eigenvalue weighted by molar-refractivity contribution is 0.00312. The van der Waals surface area contributed by atoms with Gasteiger partial charge in [-0.05, 0) is 12.8 Å². The Kier molecular flexibility index (Phi) is 9.42. The molecule has 1 aliphatic heterocycles. The molecule has 0 radical (unpaired) electrons. The Morgan fingerprint density at radius 2 is 2.17 bits per heavy atom. The Morgan fingerprint density at radius 1 is 1.33 bits per heavy atom. The fourth-order valence-electron chi connectivity index (χ4n) is 1.74. The second-order valence-corrected chi connectivity index (χ2v) is 4.66. The van der Waals surface area contributed by atoms with Crippen molar-refractivity contribution in [3.63, 3.8) is 0 Å². The normalized spacial score (nSPS) is 21.3. The van der Waals surface area contributed by atoms with Gasteiger partial charge in [-0.15, -0.1) is 0 Å². The van der Waals surface area contributed by atoms with Crippen LogP contribution in [0.1, 0.15) is 26.2 Å². The van der Waals surface area contributed by atoms with E-state index in [0.717, 1.165) is 39.1 Å². The number of aliphatic hydroxyl groups excluding tert-OH is 1.